The van der Waals surface area contributed by atoms with Crippen LogP contribution in [-0.4, -0.2) is 57.0 Å². The first-order valence-electron chi connectivity index (χ1n) is 13.9. The van der Waals surface area contributed by atoms with Crippen LogP contribution in [0.2, 0.25) is 0 Å². The molecule has 1 aromatic carbocycles. The molecule has 1 N–H and O–H groups in total. The molecule has 0 aliphatic heterocycles. The maximum absolute atomic E-state index is 17.6. The number of nitriles is 1. The Labute approximate surface area is 255 Å². The second-order valence-corrected chi connectivity index (χ2v) is 14.3. The van der Waals surface area contributed by atoms with E-state index in [1.54, 1.807) is 13.8 Å². The number of hydrogen-bond donors (Lipinski definition) is 1. The standard InChI is InChI=1S/C31H31F4NO5S2/c1-16-11-20-21-14-23(32)22-13-18(37)7-8-28(22,2)30(21,35)24(38)15-29(20,3)31(16,26(40)42-10-9-36)41-25(39)17-5-4-6-19(12-17)43-27(33)34/h4-8,12-13,16,20-21,23-24,27,38H,10-11,14-15H2,1-3H3/t16-,20+,21+,23+,24+,28+,29+,30+,31+/m1/s1. The largest absolute Gasteiger partial charge is 0.446 e. The van der Waals surface area contributed by atoms with Gasteiger partial charge in [0, 0.05) is 27.6 Å². The summed E-state index contributed by atoms with van der Waals surface area (Å²) in [6.07, 6.45) is -0.365. The number of halogens is 4. The van der Waals surface area contributed by atoms with E-state index in [2.05, 4.69) is 0 Å². The van der Waals surface area contributed by atoms with Crippen LogP contribution in [0.3, 0.4) is 0 Å². The number of aliphatic hydroxyl groups excluding tert-OH is 1. The number of ether oxygens (including phenoxy) is 1. The number of allylic oxidation sites excluding steroid dienone is 4. The molecule has 0 spiro atoms. The zero-order valence-corrected chi connectivity index (χ0v) is 25.3. The van der Waals surface area contributed by atoms with Crippen LogP contribution in [0.15, 0.2) is 53.0 Å². The number of fused-ring (bicyclic) bond motifs is 5. The normalized spacial score (nSPS) is 39.8. The number of alkyl halides is 4. The Hall–Kier alpha value is -2.62. The fourth-order valence-corrected chi connectivity index (χ4v) is 9.87. The van der Waals surface area contributed by atoms with E-state index in [0.717, 1.165) is 6.08 Å². The molecule has 3 saturated carbocycles. The summed E-state index contributed by atoms with van der Waals surface area (Å²) in [6, 6.07) is 7.27. The van der Waals surface area contributed by atoms with Crippen LogP contribution in [0.5, 0.6) is 0 Å². The van der Waals surface area contributed by atoms with Gasteiger partial charge in [-0.3, -0.25) is 9.59 Å². The van der Waals surface area contributed by atoms with Crippen molar-refractivity contribution in [2.45, 2.75) is 74.2 Å². The molecule has 0 unspecified atom stereocenters. The number of rotatable bonds is 6. The van der Waals surface area contributed by atoms with Crippen LogP contribution in [0.4, 0.5) is 17.6 Å². The first-order chi connectivity index (χ1) is 20.2. The number of benzene rings is 1. The van der Waals surface area contributed by atoms with E-state index in [4.69, 9.17) is 4.74 Å². The zero-order valence-electron chi connectivity index (χ0n) is 23.7. The summed E-state index contributed by atoms with van der Waals surface area (Å²) in [5, 5.41) is 20.2. The van der Waals surface area contributed by atoms with Gasteiger partial charge in [-0.1, -0.05) is 49.5 Å². The van der Waals surface area contributed by atoms with E-state index >= 15 is 8.78 Å². The molecule has 0 bridgehead atoms. The summed E-state index contributed by atoms with van der Waals surface area (Å²) < 4.78 is 65.5. The summed E-state index contributed by atoms with van der Waals surface area (Å²) in [5.74, 6) is -7.01. The van der Waals surface area contributed by atoms with E-state index in [1.165, 1.54) is 43.3 Å². The van der Waals surface area contributed by atoms with Crippen molar-refractivity contribution in [3.63, 3.8) is 0 Å². The zero-order chi connectivity index (χ0) is 31.5. The van der Waals surface area contributed by atoms with Crippen LogP contribution in [0, 0.1) is 39.9 Å². The Balaban J connectivity index is 1.60. The van der Waals surface area contributed by atoms with Crippen LogP contribution in [0.25, 0.3) is 0 Å². The molecule has 6 nitrogen and oxygen atoms in total. The topological polar surface area (TPSA) is 104 Å². The quantitative estimate of drug-likeness (QED) is 0.222. The third-order valence-corrected chi connectivity index (χ3v) is 11.8. The van der Waals surface area contributed by atoms with Gasteiger partial charge in [-0.15, -0.1) is 0 Å². The fourth-order valence-electron chi connectivity index (χ4n) is 8.43. The molecule has 0 saturated heterocycles. The summed E-state index contributed by atoms with van der Waals surface area (Å²) in [5.41, 5.74) is -7.48. The van der Waals surface area contributed by atoms with Crippen LogP contribution in [0.1, 0.15) is 50.4 Å². The summed E-state index contributed by atoms with van der Waals surface area (Å²) in [4.78, 5) is 39.9. The molecule has 230 valence electrons. The molecule has 43 heavy (non-hydrogen) atoms. The molecule has 0 amide bonds. The van der Waals surface area contributed by atoms with Crippen molar-refractivity contribution < 1.29 is 41.8 Å². The van der Waals surface area contributed by atoms with Gasteiger partial charge in [-0.05, 0) is 68.0 Å². The summed E-state index contributed by atoms with van der Waals surface area (Å²) in [7, 11) is 0. The summed E-state index contributed by atoms with van der Waals surface area (Å²) in [6.45, 7) is 4.77. The monoisotopic (exact) mass is 637 g/mol. The molecule has 4 aliphatic carbocycles. The molecule has 0 aromatic heterocycles. The van der Waals surface area contributed by atoms with Crippen molar-refractivity contribution in [2.75, 3.05) is 5.75 Å². The van der Waals surface area contributed by atoms with Gasteiger partial charge in [0.1, 0.15) is 6.17 Å². The predicted octanol–water partition coefficient (Wildman–Crippen LogP) is 6.25. The average molecular weight is 638 g/mol. The number of hydrogen-bond acceptors (Lipinski definition) is 8. The second-order valence-electron chi connectivity index (χ2n) is 12.3. The lowest BCUT2D eigenvalue weighted by Gasteiger charge is -2.63. The minimum absolute atomic E-state index is 0.0349. The highest BCUT2D eigenvalue weighted by atomic mass is 32.2. The highest BCUT2D eigenvalue weighted by Gasteiger charge is 2.78. The van der Waals surface area contributed by atoms with Crippen molar-refractivity contribution in [3.05, 3.63) is 53.6 Å². The van der Waals surface area contributed by atoms with Crippen molar-refractivity contribution in [3.8, 4) is 6.07 Å². The van der Waals surface area contributed by atoms with E-state index in [0.29, 0.717) is 11.8 Å². The minimum atomic E-state index is -2.73. The number of carbonyl (C=O) groups is 3. The van der Waals surface area contributed by atoms with Gasteiger partial charge in [0.05, 0.1) is 23.5 Å². The SMILES string of the molecule is C[C@@H]1C[C@H]2[C@@H]3C[C@H](F)C4=CC(=O)C=C[C@]4(C)[C@@]3(F)[C@@H](O)C[C@]2(C)[C@@]1(OC(=O)c1cccc(SC(F)F)c1)C(=O)SCC#N. The molecule has 12 heteroatoms. The number of aliphatic hydroxyl groups is 1. The van der Waals surface area contributed by atoms with Crippen LogP contribution < -0.4 is 0 Å². The predicted molar refractivity (Wildman–Crippen MR) is 153 cm³/mol. The number of ketones is 1. The van der Waals surface area contributed by atoms with E-state index in [-0.39, 0.29) is 52.8 Å². The Morgan fingerprint density at radius 1 is 1.23 bits per heavy atom. The fraction of sp³-hybridized carbons (Fsp3) is 0.548. The van der Waals surface area contributed by atoms with Crippen LogP contribution >= 0.6 is 23.5 Å². The number of thioether (sulfide) groups is 2. The smallest absolute Gasteiger partial charge is 0.339 e. The Morgan fingerprint density at radius 3 is 2.63 bits per heavy atom. The third-order valence-electron chi connectivity index (χ3n) is 10.3. The molecular formula is C31H31F4NO5S2. The van der Waals surface area contributed by atoms with Gasteiger partial charge < -0.3 is 9.84 Å². The molecule has 1 aromatic rings. The maximum Gasteiger partial charge on any atom is 0.339 e. The minimum Gasteiger partial charge on any atom is -0.446 e. The number of esters is 1. The lowest BCUT2D eigenvalue weighted by atomic mass is 9.44. The molecule has 0 heterocycles. The number of carbonyl (C=O) groups excluding carboxylic acids is 3. The van der Waals surface area contributed by atoms with Crippen molar-refractivity contribution in [1.82, 2.24) is 0 Å². The molecule has 4 aliphatic rings. The van der Waals surface area contributed by atoms with Crippen molar-refractivity contribution >= 4 is 40.4 Å². The van der Waals surface area contributed by atoms with Gasteiger partial charge in [0.2, 0.25) is 5.12 Å². The highest BCUT2D eigenvalue weighted by molar-refractivity contribution is 8.14. The maximum atomic E-state index is 17.6. The van der Waals surface area contributed by atoms with Gasteiger partial charge in [0.15, 0.2) is 17.1 Å². The van der Waals surface area contributed by atoms with Crippen molar-refractivity contribution in [2.24, 2.45) is 28.6 Å². The lowest BCUT2D eigenvalue weighted by molar-refractivity contribution is -0.221. The molecule has 3 fully saturated rings. The third kappa shape index (κ3) is 4.60. The Kier molecular flexibility index (Phi) is 8.19. The summed E-state index contributed by atoms with van der Waals surface area (Å²) >= 11 is 0.878. The van der Waals surface area contributed by atoms with Gasteiger partial charge in [0.25, 0.3) is 5.76 Å². The van der Waals surface area contributed by atoms with Crippen molar-refractivity contribution in [1.29, 1.82) is 5.26 Å². The molecular weight excluding hydrogens is 606 g/mol. The van der Waals surface area contributed by atoms with Gasteiger partial charge >= 0.3 is 5.97 Å². The Bertz CT molecular complexity index is 1460. The molecule has 9 atom stereocenters. The first kappa shape index (κ1) is 31.8. The second kappa shape index (κ2) is 11.1. The van der Waals surface area contributed by atoms with E-state index in [1.807, 2.05) is 6.07 Å². The van der Waals surface area contributed by atoms with Gasteiger partial charge in [-0.2, -0.15) is 14.0 Å². The van der Waals surface area contributed by atoms with Crippen LogP contribution in [-0.2, 0) is 14.3 Å². The van der Waals surface area contributed by atoms with Gasteiger partial charge in [-0.25, -0.2) is 13.6 Å². The van der Waals surface area contributed by atoms with E-state index < -0.39 is 74.8 Å². The lowest BCUT2D eigenvalue weighted by Crippen LogP contribution is -2.70. The Morgan fingerprint density at radius 2 is 1.95 bits per heavy atom. The molecule has 0 radical (unpaired) electrons. The van der Waals surface area contributed by atoms with E-state index in [9.17, 15) is 33.5 Å². The highest BCUT2D eigenvalue weighted by Crippen LogP contribution is 2.72. The first-order valence-corrected chi connectivity index (χ1v) is 15.8. The number of nitrogens with zero attached hydrogens (tertiary/aromatic N) is 1. The average Bonchev–Trinajstić information content (AvgIpc) is 3.16. The molecule has 5 rings (SSSR count).